The number of benzene rings is 2. The number of urea groups is 1. The van der Waals surface area contributed by atoms with Gasteiger partial charge in [-0.3, -0.25) is 0 Å². The van der Waals surface area contributed by atoms with Gasteiger partial charge in [-0.25, -0.2) is 9.18 Å². The van der Waals surface area contributed by atoms with E-state index in [-0.39, 0.29) is 17.1 Å². The molecule has 4 nitrogen and oxygen atoms in total. The molecule has 1 fully saturated rings. The van der Waals surface area contributed by atoms with Crippen LogP contribution in [-0.2, 0) is 0 Å². The van der Waals surface area contributed by atoms with Crippen molar-refractivity contribution >= 4 is 28.5 Å². The van der Waals surface area contributed by atoms with E-state index in [1.54, 1.807) is 12.1 Å². The lowest BCUT2D eigenvalue weighted by atomic mass is 9.89. The summed E-state index contributed by atoms with van der Waals surface area (Å²) in [4.78, 5) is 17.8. The van der Waals surface area contributed by atoms with Crippen LogP contribution < -0.4 is 5.32 Å². The van der Waals surface area contributed by atoms with Crippen LogP contribution in [0.4, 0.5) is 9.18 Å². The number of amides is 2. The second-order valence-electron chi connectivity index (χ2n) is 7.40. The zero-order chi connectivity index (χ0) is 19.7. The molecule has 2 N–H and O–H groups in total. The van der Waals surface area contributed by atoms with Crippen LogP contribution in [0.5, 0.6) is 0 Å². The smallest absolute Gasteiger partial charge is 0.317 e. The minimum Gasteiger partial charge on any atom is -0.361 e. The number of halogens is 2. The van der Waals surface area contributed by atoms with Crippen molar-refractivity contribution in [1.82, 2.24) is 15.2 Å². The fourth-order valence-electron chi connectivity index (χ4n) is 3.97. The Bertz CT molecular complexity index is 994. The molecule has 0 saturated carbocycles. The summed E-state index contributed by atoms with van der Waals surface area (Å²) >= 11 is 5.85. The summed E-state index contributed by atoms with van der Waals surface area (Å²) in [7, 11) is 0. The minimum absolute atomic E-state index is 0.0677. The van der Waals surface area contributed by atoms with Gasteiger partial charge < -0.3 is 15.2 Å². The van der Waals surface area contributed by atoms with Crippen molar-refractivity contribution < 1.29 is 9.18 Å². The first kappa shape index (κ1) is 18.8. The largest absolute Gasteiger partial charge is 0.361 e. The molecular weight excluding hydrogens is 377 g/mol. The van der Waals surface area contributed by atoms with Crippen LogP contribution in [0.25, 0.3) is 10.9 Å². The zero-order valence-electron chi connectivity index (χ0n) is 15.7. The van der Waals surface area contributed by atoms with E-state index in [1.807, 2.05) is 17.9 Å². The molecule has 1 aliphatic rings. The van der Waals surface area contributed by atoms with Gasteiger partial charge in [-0.1, -0.05) is 35.9 Å². The second kappa shape index (κ2) is 7.84. The van der Waals surface area contributed by atoms with Crippen LogP contribution >= 0.6 is 11.6 Å². The maximum Gasteiger partial charge on any atom is 0.317 e. The molecule has 2 heterocycles. The molecule has 0 bridgehead atoms. The molecule has 1 aliphatic heterocycles. The number of carbonyl (C=O) groups is 1. The number of aromatic amines is 1. The second-order valence-corrected chi connectivity index (χ2v) is 7.80. The number of hydrogen-bond donors (Lipinski definition) is 2. The number of para-hydroxylation sites is 1. The number of nitrogens with zero attached hydrogens (tertiary/aromatic N) is 1. The first-order valence-electron chi connectivity index (χ1n) is 9.59. The Morgan fingerprint density at radius 1 is 1.25 bits per heavy atom. The molecule has 146 valence electrons. The van der Waals surface area contributed by atoms with Gasteiger partial charge in [0.05, 0.1) is 11.1 Å². The van der Waals surface area contributed by atoms with Crippen LogP contribution in [-0.4, -0.2) is 29.0 Å². The maximum atomic E-state index is 13.3. The molecule has 0 aliphatic carbocycles. The highest BCUT2D eigenvalue weighted by Gasteiger charge is 2.26. The van der Waals surface area contributed by atoms with Gasteiger partial charge in [0.1, 0.15) is 5.82 Å². The monoisotopic (exact) mass is 399 g/mol. The molecule has 4 rings (SSSR count). The summed E-state index contributed by atoms with van der Waals surface area (Å²) in [6.07, 6.45) is 3.98. The Hall–Kier alpha value is -2.53. The van der Waals surface area contributed by atoms with Crippen molar-refractivity contribution in [2.45, 2.75) is 31.7 Å². The van der Waals surface area contributed by atoms with Crippen LogP contribution in [0, 0.1) is 5.82 Å². The first-order chi connectivity index (χ1) is 13.5. The number of H-pyrrole nitrogens is 1. The molecule has 2 aromatic carbocycles. The molecular formula is C22H23ClFN3O. The lowest BCUT2D eigenvalue weighted by Crippen LogP contribution is -2.44. The van der Waals surface area contributed by atoms with E-state index in [9.17, 15) is 9.18 Å². The van der Waals surface area contributed by atoms with E-state index in [0.717, 1.165) is 23.9 Å². The van der Waals surface area contributed by atoms with E-state index in [2.05, 4.69) is 34.7 Å². The Morgan fingerprint density at radius 2 is 2.00 bits per heavy atom. The third kappa shape index (κ3) is 3.72. The van der Waals surface area contributed by atoms with Gasteiger partial charge in [-0.15, -0.1) is 0 Å². The Balaban J connectivity index is 1.36. The van der Waals surface area contributed by atoms with Crippen molar-refractivity contribution in [2.75, 3.05) is 13.1 Å². The number of piperidine rings is 1. The van der Waals surface area contributed by atoms with Crippen molar-refractivity contribution in [3.63, 3.8) is 0 Å². The van der Waals surface area contributed by atoms with Gasteiger partial charge in [0.25, 0.3) is 0 Å². The molecule has 1 unspecified atom stereocenters. The number of fused-ring (bicyclic) bond motifs is 1. The van der Waals surface area contributed by atoms with E-state index < -0.39 is 5.82 Å². The van der Waals surface area contributed by atoms with Crippen LogP contribution in [0.2, 0.25) is 5.02 Å². The zero-order valence-corrected chi connectivity index (χ0v) is 16.5. The van der Waals surface area contributed by atoms with Crippen molar-refractivity contribution in [3.05, 3.63) is 70.6 Å². The summed E-state index contributed by atoms with van der Waals surface area (Å²) in [5.74, 6) is -0.00294. The lowest BCUT2D eigenvalue weighted by molar-refractivity contribution is 0.178. The van der Waals surface area contributed by atoms with Gasteiger partial charge in [-0.05, 0) is 55.0 Å². The van der Waals surface area contributed by atoms with Crippen molar-refractivity contribution in [1.29, 1.82) is 0 Å². The fraction of sp³-hybridized carbons (Fsp3) is 0.318. The normalized spacial score (nSPS) is 16.3. The van der Waals surface area contributed by atoms with Gasteiger partial charge >= 0.3 is 6.03 Å². The molecule has 1 saturated heterocycles. The average Bonchev–Trinajstić information content (AvgIpc) is 3.14. The van der Waals surface area contributed by atoms with E-state index in [0.29, 0.717) is 19.0 Å². The molecule has 0 radical (unpaired) electrons. The van der Waals surface area contributed by atoms with Gasteiger partial charge in [0, 0.05) is 30.2 Å². The third-order valence-corrected chi connectivity index (χ3v) is 5.92. The number of nitrogens with one attached hydrogen (secondary N) is 2. The van der Waals surface area contributed by atoms with Crippen LogP contribution in [0.1, 0.15) is 42.9 Å². The molecule has 3 aromatic rings. The van der Waals surface area contributed by atoms with Crippen LogP contribution in [0.3, 0.4) is 0 Å². The summed E-state index contributed by atoms with van der Waals surface area (Å²) in [5.41, 5.74) is 3.28. The molecule has 2 amide bonds. The molecule has 1 aromatic heterocycles. The number of carbonyl (C=O) groups excluding carboxylic acids is 1. The Kier molecular flexibility index (Phi) is 5.27. The Morgan fingerprint density at radius 3 is 2.75 bits per heavy atom. The van der Waals surface area contributed by atoms with E-state index in [1.165, 1.54) is 17.0 Å². The quantitative estimate of drug-likeness (QED) is 0.590. The predicted molar refractivity (Wildman–Crippen MR) is 110 cm³/mol. The fourth-order valence-corrected chi connectivity index (χ4v) is 4.16. The number of aromatic nitrogens is 1. The van der Waals surface area contributed by atoms with Crippen molar-refractivity contribution in [3.8, 4) is 0 Å². The maximum absolute atomic E-state index is 13.3. The number of rotatable bonds is 3. The highest BCUT2D eigenvalue weighted by molar-refractivity contribution is 6.30. The lowest BCUT2D eigenvalue weighted by Gasteiger charge is -2.33. The van der Waals surface area contributed by atoms with Crippen LogP contribution in [0.15, 0.2) is 48.7 Å². The topological polar surface area (TPSA) is 48.1 Å². The highest BCUT2D eigenvalue weighted by Crippen LogP contribution is 2.33. The van der Waals surface area contributed by atoms with Gasteiger partial charge in [0.2, 0.25) is 0 Å². The first-order valence-corrected chi connectivity index (χ1v) is 9.97. The summed E-state index contributed by atoms with van der Waals surface area (Å²) in [5, 5.41) is 4.33. The molecule has 6 heteroatoms. The number of likely N-dealkylation sites (tertiary alicyclic amines) is 1. The SMILES string of the molecule is CC(NC(=O)N1CCC(c2c[nH]c3ccccc23)CC1)c1ccc(F)c(Cl)c1. The minimum atomic E-state index is -0.455. The molecule has 28 heavy (non-hydrogen) atoms. The average molecular weight is 400 g/mol. The van der Waals surface area contributed by atoms with Crippen molar-refractivity contribution in [2.24, 2.45) is 0 Å². The summed E-state index contributed by atoms with van der Waals surface area (Å²) in [6, 6.07) is 12.5. The number of hydrogen-bond acceptors (Lipinski definition) is 1. The standard InChI is InChI=1S/C22H23ClFN3O/c1-14(16-6-7-20(24)19(23)12-16)26-22(28)27-10-8-15(9-11-27)18-13-25-21-5-3-2-4-17(18)21/h2-7,12-15,25H,8-11H2,1H3,(H,26,28). The summed E-state index contributed by atoms with van der Waals surface area (Å²) in [6.45, 7) is 3.31. The van der Waals surface area contributed by atoms with E-state index in [4.69, 9.17) is 11.6 Å². The van der Waals surface area contributed by atoms with Gasteiger partial charge in [0.15, 0.2) is 0 Å². The van der Waals surface area contributed by atoms with Gasteiger partial charge in [-0.2, -0.15) is 0 Å². The predicted octanol–water partition coefficient (Wildman–Crippen LogP) is 5.61. The third-order valence-electron chi connectivity index (χ3n) is 5.63. The highest BCUT2D eigenvalue weighted by atomic mass is 35.5. The van der Waals surface area contributed by atoms with E-state index >= 15 is 0 Å². The Labute approximate surface area is 168 Å². The molecule has 0 spiro atoms. The molecule has 1 atom stereocenters. The summed E-state index contributed by atoms with van der Waals surface area (Å²) < 4.78 is 13.3.